The Morgan fingerprint density at radius 2 is 1.96 bits per heavy atom. The van der Waals surface area contributed by atoms with Crippen LogP contribution in [0.1, 0.15) is 31.4 Å². The van der Waals surface area contributed by atoms with Crippen molar-refractivity contribution in [3.05, 3.63) is 32.6 Å². The fourth-order valence-corrected chi connectivity index (χ4v) is 3.28. The summed E-state index contributed by atoms with van der Waals surface area (Å²) in [6.45, 7) is 2.89. The molecule has 1 aromatic rings. The van der Waals surface area contributed by atoms with Gasteiger partial charge in [-0.2, -0.15) is 0 Å². The van der Waals surface area contributed by atoms with E-state index in [0.717, 1.165) is 30.5 Å². The average Bonchev–Trinajstić information content (AvgIpc) is 3.40. The van der Waals surface area contributed by atoms with Crippen LogP contribution in [0, 0.1) is 11.8 Å². The van der Waals surface area contributed by atoms with Gasteiger partial charge in [-0.1, -0.05) is 0 Å². The summed E-state index contributed by atoms with van der Waals surface area (Å²) in [7, 11) is 3.16. The van der Waals surface area contributed by atoms with Gasteiger partial charge in [0.1, 0.15) is 0 Å². The number of likely N-dealkylation sites (tertiary alicyclic amines) is 1. The molecule has 0 unspecified atom stereocenters. The van der Waals surface area contributed by atoms with Gasteiger partial charge >= 0.3 is 5.69 Å². The van der Waals surface area contributed by atoms with Gasteiger partial charge in [0.2, 0.25) is 5.91 Å². The highest BCUT2D eigenvalue weighted by Gasteiger charge is 2.28. The lowest BCUT2D eigenvalue weighted by molar-refractivity contribution is -0.126. The maximum absolute atomic E-state index is 12.3. The molecular weight excluding hydrogens is 308 g/mol. The lowest BCUT2D eigenvalue weighted by Gasteiger charge is -2.32. The molecule has 1 N–H and O–H groups in total. The van der Waals surface area contributed by atoms with E-state index in [9.17, 15) is 14.4 Å². The molecule has 1 saturated heterocycles. The van der Waals surface area contributed by atoms with Gasteiger partial charge in [-0.3, -0.25) is 23.6 Å². The van der Waals surface area contributed by atoms with Gasteiger partial charge in [-0.05, 0) is 38.1 Å². The average molecular weight is 334 g/mol. The molecule has 0 spiro atoms. The number of rotatable bonds is 5. The molecule has 2 heterocycles. The van der Waals surface area contributed by atoms with E-state index < -0.39 is 0 Å². The van der Waals surface area contributed by atoms with E-state index >= 15 is 0 Å². The molecule has 1 saturated carbocycles. The second-order valence-electron chi connectivity index (χ2n) is 7.14. The number of nitrogens with one attached hydrogen (secondary N) is 1. The molecule has 24 heavy (non-hydrogen) atoms. The maximum Gasteiger partial charge on any atom is 0.330 e. The van der Waals surface area contributed by atoms with Crippen molar-refractivity contribution >= 4 is 5.91 Å². The van der Waals surface area contributed by atoms with Crippen LogP contribution in [-0.2, 0) is 25.4 Å². The minimum atomic E-state index is -0.312. The zero-order valence-corrected chi connectivity index (χ0v) is 14.5. The largest absolute Gasteiger partial charge is 0.356 e. The number of carbonyl (C=O) groups excluding carboxylic acids is 1. The van der Waals surface area contributed by atoms with Crippen LogP contribution in [0.5, 0.6) is 0 Å². The molecule has 1 aliphatic heterocycles. The Labute approximate surface area is 141 Å². The van der Waals surface area contributed by atoms with Crippen molar-refractivity contribution in [2.45, 2.75) is 32.2 Å². The Morgan fingerprint density at radius 1 is 1.21 bits per heavy atom. The van der Waals surface area contributed by atoms with Crippen LogP contribution < -0.4 is 16.6 Å². The summed E-state index contributed by atoms with van der Waals surface area (Å²) in [5, 5.41) is 3.06. The van der Waals surface area contributed by atoms with E-state index in [0.29, 0.717) is 24.7 Å². The molecule has 1 atom stereocenters. The zero-order valence-electron chi connectivity index (χ0n) is 14.5. The van der Waals surface area contributed by atoms with Gasteiger partial charge in [0.15, 0.2) is 0 Å². The molecule has 7 nitrogen and oxygen atoms in total. The van der Waals surface area contributed by atoms with Crippen LogP contribution in [0.4, 0.5) is 0 Å². The Bertz CT molecular complexity index is 732. The molecule has 2 fully saturated rings. The molecule has 0 aromatic carbocycles. The quantitative estimate of drug-likeness (QED) is 0.811. The number of piperidine rings is 1. The lowest BCUT2D eigenvalue weighted by atomic mass is 9.97. The molecule has 132 valence electrons. The van der Waals surface area contributed by atoms with E-state index in [2.05, 4.69) is 10.2 Å². The van der Waals surface area contributed by atoms with Crippen molar-refractivity contribution in [2.75, 3.05) is 19.6 Å². The number of amides is 1. The highest BCUT2D eigenvalue weighted by atomic mass is 16.2. The van der Waals surface area contributed by atoms with Gasteiger partial charge in [-0.25, -0.2) is 4.79 Å². The number of carbonyl (C=O) groups is 1. The third-order valence-electron chi connectivity index (χ3n) is 5.15. The predicted molar refractivity (Wildman–Crippen MR) is 90.7 cm³/mol. The number of nitrogens with zero attached hydrogens (tertiary/aromatic N) is 3. The van der Waals surface area contributed by atoms with Crippen molar-refractivity contribution < 1.29 is 4.79 Å². The molecular formula is C17H26N4O3. The Morgan fingerprint density at radius 3 is 2.67 bits per heavy atom. The second kappa shape index (κ2) is 6.93. The minimum Gasteiger partial charge on any atom is -0.356 e. The van der Waals surface area contributed by atoms with Gasteiger partial charge in [0, 0.05) is 45.5 Å². The van der Waals surface area contributed by atoms with Crippen molar-refractivity contribution in [1.82, 2.24) is 19.4 Å². The van der Waals surface area contributed by atoms with E-state index in [1.165, 1.54) is 30.5 Å². The first-order valence-electron chi connectivity index (χ1n) is 8.71. The van der Waals surface area contributed by atoms with E-state index in [4.69, 9.17) is 0 Å². The summed E-state index contributed by atoms with van der Waals surface area (Å²) >= 11 is 0. The van der Waals surface area contributed by atoms with Crippen molar-refractivity contribution in [3.63, 3.8) is 0 Å². The molecule has 3 rings (SSSR count). The van der Waals surface area contributed by atoms with Gasteiger partial charge in [0.25, 0.3) is 5.56 Å². The van der Waals surface area contributed by atoms with Crippen LogP contribution in [0.15, 0.2) is 15.7 Å². The number of aromatic nitrogens is 2. The topological polar surface area (TPSA) is 76.3 Å². The number of hydrogen-bond acceptors (Lipinski definition) is 4. The van der Waals surface area contributed by atoms with Crippen molar-refractivity contribution in [1.29, 1.82) is 0 Å². The van der Waals surface area contributed by atoms with E-state index in [1.54, 1.807) is 7.05 Å². The summed E-state index contributed by atoms with van der Waals surface area (Å²) in [5.41, 5.74) is 0.0965. The highest BCUT2D eigenvalue weighted by Crippen LogP contribution is 2.28. The molecule has 2 aliphatic rings. The molecule has 1 aliphatic carbocycles. The standard InChI is InChI=1S/C17H26N4O3/c1-19-14(8-15(22)20(2)17(19)24)11-21-7-3-4-13(10-21)16(23)18-9-12-5-6-12/h8,12-13H,3-7,9-11H2,1-2H3,(H,18,23)/t13-/m1/s1. The molecule has 7 heteroatoms. The van der Waals surface area contributed by atoms with Gasteiger partial charge < -0.3 is 5.32 Å². The molecule has 0 radical (unpaired) electrons. The van der Waals surface area contributed by atoms with E-state index in [1.807, 2.05) is 0 Å². The van der Waals surface area contributed by atoms with Crippen LogP contribution in [-0.4, -0.2) is 39.6 Å². The normalized spacial score (nSPS) is 21.7. The second-order valence-corrected chi connectivity index (χ2v) is 7.14. The smallest absolute Gasteiger partial charge is 0.330 e. The third kappa shape index (κ3) is 3.77. The summed E-state index contributed by atoms with van der Waals surface area (Å²) in [4.78, 5) is 38.3. The van der Waals surface area contributed by atoms with Crippen LogP contribution in [0.3, 0.4) is 0 Å². The summed E-state index contributed by atoms with van der Waals surface area (Å²) in [6, 6.07) is 1.51. The van der Waals surface area contributed by atoms with Crippen LogP contribution >= 0.6 is 0 Å². The van der Waals surface area contributed by atoms with Crippen LogP contribution in [0.2, 0.25) is 0 Å². The number of hydrogen-bond donors (Lipinski definition) is 1. The minimum absolute atomic E-state index is 0.000994. The summed E-state index contributed by atoms with van der Waals surface area (Å²) in [6.07, 6.45) is 4.32. The fraction of sp³-hybridized carbons (Fsp3) is 0.706. The van der Waals surface area contributed by atoms with Crippen molar-refractivity contribution in [3.8, 4) is 0 Å². The highest BCUT2D eigenvalue weighted by molar-refractivity contribution is 5.79. The lowest BCUT2D eigenvalue weighted by Crippen LogP contribution is -2.44. The molecule has 1 aromatic heterocycles. The first-order valence-corrected chi connectivity index (χ1v) is 8.71. The maximum atomic E-state index is 12.3. The monoisotopic (exact) mass is 334 g/mol. The van der Waals surface area contributed by atoms with Gasteiger partial charge in [-0.15, -0.1) is 0 Å². The third-order valence-corrected chi connectivity index (χ3v) is 5.15. The Balaban J connectivity index is 1.64. The first kappa shape index (κ1) is 17.0. The Hall–Kier alpha value is -1.89. The first-order chi connectivity index (χ1) is 11.5. The van der Waals surface area contributed by atoms with E-state index in [-0.39, 0.29) is 23.1 Å². The predicted octanol–water partition coefficient (Wildman–Crippen LogP) is -0.178. The van der Waals surface area contributed by atoms with Crippen LogP contribution in [0.25, 0.3) is 0 Å². The fourth-order valence-electron chi connectivity index (χ4n) is 3.28. The van der Waals surface area contributed by atoms with Crippen molar-refractivity contribution in [2.24, 2.45) is 25.9 Å². The SMILES string of the molecule is Cn1c(CN2CCC[C@@H](C(=O)NCC3CC3)C2)cc(=O)n(C)c1=O. The molecule has 1 amide bonds. The molecule has 0 bridgehead atoms. The van der Waals surface area contributed by atoms with Gasteiger partial charge in [0.05, 0.1) is 5.92 Å². The summed E-state index contributed by atoms with van der Waals surface area (Å²) in [5.74, 6) is 0.828. The summed E-state index contributed by atoms with van der Waals surface area (Å²) < 4.78 is 2.62. The Kier molecular flexibility index (Phi) is 4.89. The zero-order chi connectivity index (χ0) is 17.3.